The van der Waals surface area contributed by atoms with E-state index in [2.05, 4.69) is 20.5 Å². The van der Waals surface area contributed by atoms with Crippen molar-refractivity contribution in [1.82, 2.24) is 15.2 Å². The van der Waals surface area contributed by atoms with Crippen LogP contribution in [0, 0.1) is 17.0 Å². The maximum atomic E-state index is 12.4. The summed E-state index contributed by atoms with van der Waals surface area (Å²) in [6, 6.07) is 11.2. The molecule has 126 valence electrons. The normalized spacial score (nSPS) is 10.4. The number of hydrogen-bond acceptors (Lipinski definition) is 5. The molecule has 0 radical (unpaired) electrons. The van der Waals surface area contributed by atoms with E-state index in [1.165, 1.54) is 6.07 Å². The van der Waals surface area contributed by atoms with Crippen molar-refractivity contribution in [2.45, 2.75) is 6.92 Å². The first-order valence-corrected chi connectivity index (χ1v) is 7.26. The molecule has 9 nitrogen and oxygen atoms in total. The Balaban J connectivity index is 1.91. The van der Waals surface area contributed by atoms with Gasteiger partial charge < -0.3 is 5.32 Å². The van der Waals surface area contributed by atoms with Crippen LogP contribution in [0.5, 0.6) is 0 Å². The van der Waals surface area contributed by atoms with Gasteiger partial charge in [-0.15, -0.1) is 0 Å². The van der Waals surface area contributed by atoms with Crippen LogP contribution >= 0.6 is 0 Å². The number of aryl methyl sites for hydroxylation is 1. The van der Waals surface area contributed by atoms with Crippen LogP contribution < -0.4 is 11.0 Å². The molecule has 0 fully saturated rings. The second-order valence-electron chi connectivity index (χ2n) is 5.29. The molecule has 2 aromatic carbocycles. The minimum absolute atomic E-state index is 0.0245. The van der Waals surface area contributed by atoms with Crippen molar-refractivity contribution in [2.24, 2.45) is 0 Å². The molecule has 0 aliphatic heterocycles. The predicted molar refractivity (Wildman–Crippen MR) is 90.4 cm³/mol. The monoisotopic (exact) mass is 339 g/mol. The summed E-state index contributed by atoms with van der Waals surface area (Å²) in [6.45, 7) is 1.57. The second kappa shape index (κ2) is 6.40. The molecule has 1 amide bonds. The number of para-hydroxylation sites is 1. The first-order chi connectivity index (χ1) is 12.0. The maximum Gasteiger partial charge on any atom is 0.340 e. The summed E-state index contributed by atoms with van der Waals surface area (Å²) in [5, 5.41) is 19.9. The van der Waals surface area contributed by atoms with Crippen molar-refractivity contribution in [2.75, 3.05) is 5.32 Å². The van der Waals surface area contributed by atoms with E-state index in [-0.39, 0.29) is 11.3 Å². The van der Waals surface area contributed by atoms with Crippen LogP contribution in [0.25, 0.3) is 11.4 Å². The highest BCUT2D eigenvalue weighted by Crippen LogP contribution is 2.25. The van der Waals surface area contributed by atoms with Gasteiger partial charge in [-0.25, -0.2) is 9.89 Å². The third-order valence-corrected chi connectivity index (χ3v) is 3.56. The van der Waals surface area contributed by atoms with E-state index in [4.69, 9.17) is 0 Å². The molecule has 9 heteroatoms. The highest BCUT2D eigenvalue weighted by Gasteiger charge is 2.22. The summed E-state index contributed by atoms with van der Waals surface area (Å²) in [5.74, 6) is -0.272. The van der Waals surface area contributed by atoms with Crippen molar-refractivity contribution >= 4 is 17.3 Å². The first-order valence-electron chi connectivity index (χ1n) is 7.26. The van der Waals surface area contributed by atoms with E-state index < -0.39 is 16.5 Å². The Morgan fingerprint density at radius 1 is 1.24 bits per heavy atom. The molecular formula is C16H13N5O4. The minimum Gasteiger partial charge on any atom is -0.322 e. The number of hydrogen-bond donors (Lipinski definition) is 3. The van der Waals surface area contributed by atoms with Crippen LogP contribution in [0.15, 0.2) is 47.3 Å². The Hall–Kier alpha value is -3.75. The van der Waals surface area contributed by atoms with Crippen molar-refractivity contribution in [1.29, 1.82) is 0 Å². The Labute approximate surface area is 140 Å². The Kier molecular flexibility index (Phi) is 4.12. The zero-order valence-corrected chi connectivity index (χ0v) is 13.1. The van der Waals surface area contributed by atoms with E-state index in [0.29, 0.717) is 22.6 Å². The first kappa shape index (κ1) is 16.1. The summed E-state index contributed by atoms with van der Waals surface area (Å²) in [4.78, 5) is 36.7. The summed E-state index contributed by atoms with van der Waals surface area (Å²) < 4.78 is 0. The number of nitrogens with zero attached hydrogens (tertiary/aromatic N) is 2. The molecule has 1 aromatic heterocycles. The highest BCUT2D eigenvalue weighted by molar-refractivity contribution is 6.07. The van der Waals surface area contributed by atoms with E-state index in [1.54, 1.807) is 43.3 Å². The van der Waals surface area contributed by atoms with Gasteiger partial charge in [-0.1, -0.05) is 24.3 Å². The Morgan fingerprint density at radius 3 is 2.68 bits per heavy atom. The number of carbonyl (C=O) groups is 1. The van der Waals surface area contributed by atoms with Crippen molar-refractivity contribution in [3.05, 3.63) is 74.2 Å². The number of nitro groups is 1. The SMILES string of the molecule is Cc1cccc(C(=O)Nc2cccc(-c3n[nH]c(=O)[nH]3)c2)c1[N+](=O)[O-]. The second-order valence-corrected chi connectivity index (χ2v) is 5.29. The molecule has 0 atom stereocenters. The summed E-state index contributed by atoms with van der Waals surface area (Å²) >= 11 is 0. The molecular weight excluding hydrogens is 326 g/mol. The molecule has 3 N–H and O–H groups in total. The van der Waals surface area contributed by atoms with E-state index in [9.17, 15) is 19.7 Å². The number of nitro benzene ring substituents is 1. The number of amides is 1. The van der Waals surface area contributed by atoms with Crippen LogP contribution in [0.4, 0.5) is 11.4 Å². The fourth-order valence-corrected chi connectivity index (χ4v) is 2.43. The Bertz CT molecular complexity index is 1020. The van der Waals surface area contributed by atoms with Gasteiger partial charge in [0.05, 0.1) is 4.92 Å². The Morgan fingerprint density at radius 2 is 2.00 bits per heavy atom. The largest absolute Gasteiger partial charge is 0.340 e. The number of nitrogens with one attached hydrogen (secondary N) is 3. The molecule has 0 saturated heterocycles. The lowest BCUT2D eigenvalue weighted by Crippen LogP contribution is -2.14. The molecule has 0 aliphatic rings. The van der Waals surface area contributed by atoms with Crippen molar-refractivity contribution < 1.29 is 9.72 Å². The summed E-state index contributed by atoms with van der Waals surface area (Å²) in [7, 11) is 0. The van der Waals surface area contributed by atoms with E-state index in [1.807, 2.05) is 0 Å². The zero-order valence-electron chi connectivity index (χ0n) is 13.1. The smallest absolute Gasteiger partial charge is 0.322 e. The number of aromatic nitrogens is 3. The van der Waals surface area contributed by atoms with Gasteiger partial charge in [0, 0.05) is 16.8 Å². The standard InChI is InChI=1S/C16H13N5O4/c1-9-4-2-7-12(13(9)21(24)25)15(22)17-11-6-3-5-10(8-11)14-18-16(23)20-19-14/h2-8H,1H3,(H,17,22)(H2,18,19,20,23). The van der Waals surface area contributed by atoms with E-state index >= 15 is 0 Å². The van der Waals surface area contributed by atoms with Gasteiger partial charge in [0.1, 0.15) is 5.56 Å². The van der Waals surface area contributed by atoms with Gasteiger partial charge in [-0.3, -0.25) is 19.9 Å². The van der Waals surface area contributed by atoms with Crippen molar-refractivity contribution in [3.63, 3.8) is 0 Å². The van der Waals surface area contributed by atoms with Gasteiger partial charge >= 0.3 is 5.69 Å². The number of H-pyrrole nitrogens is 2. The van der Waals surface area contributed by atoms with Gasteiger partial charge in [-0.2, -0.15) is 5.10 Å². The number of benzene rings is 2. The lowest BCUT2D eigenvalue weighted by molar-refractivity contribution is -0.385. The van der Waals surface area contributed by atoms with Gasteiger partial charge in [-0.05, 0) is 25.1 Å². The van der Waals surface area contributed by atoms with Crippen molar-refractivity contribution in [3.8, 4) is 11.4 Å². The summed E-state index contributed by atoms with van der Waals surface area (Å²) in [5.41, 5.74) is 0.703. The number of carbonyl (C=O) groups excluding carboxylic acids is 1. The molecule has 3 aromatic rings. The predicted octanol–water partition coefficient (Wildman–Crippen LogP) is 2.23. The quantitative estimate of drug-likeness (QED) is 0.495. The van der Waals surface area contributed by atoms with Crippen LogP contribution in [-0.2, 0) is 0 Å². The van der Waals surface area contributed by atoms with Crippen LogP contribution in [0.1, 0.15) is 15.9 Å². The topological polar surface area (TPSA) is 134 Å². The third kappa shape index (κ3) is 3.29. The maximum absolute atomic E-state index is 12.4. The van der Waals surface area contributed by atoms with Crippen LogP contribution in [0.3, 0.4) is 0 Å². The third-order valence-electron chi connectivity index (χ3n) is 3.56. The minimum atomic E-state index is -0.594. The fourth-order valence-electron chi connectivity index (χ4n) is 2.43. The fraction of sp³-hybridized carbons (Fsp3) is 0.0625. The molecule has 0 aliphatic carbocycles. The van der Waals surface area contributed by atoms with Crippen LogP contribution in [0.2, 0.25) is 0 Å². The lowest BCUT2D eigenvalue weighted by Gasteiger charge is -2.08. The highest BCUT2D eigenvalue weighted by atomic mass is 16.6. The van der Waals surface area contributed by atoms with Gasteiger partial charge in [0.2, 0.25) is 0 Å². The summed E-state index contributed by atoms with van der Waals surface area (Å²) in [6.07, 6.45) is 0. The molecule has 0 spiro atoms. The molecule has 25 heavy (non-hydrogen) atoms. The van der Waals surface area contributed by atoms with E-state index in [0.717, 1.165) is 0 Å². The average Bonchev–Trinajstić information content (AvgIpc) is 3.01. The lowest BCUT2D eigenvalue weighted by atomic mass is 10.1. The number of rotatable bonds is 4. The molecule has 1 heterocycles. The molecule has 0 saturated carbocycles. The molecule has 0 unspecified atom stereocenters. The van der Waals surface area contributed by atoms with Gasteiger partial charge in [0.15, 0.2) is 5.82 Å². The molecule has 0 bridgehead atoms. The number of anilines is 1. The van der Waals surface area contributed by atoms with Gasteiger partial charge in [0.25, 0.3) is 11.6 Å². The number of aromatic amines is 2. The zero-order chi connectivity index (χ0) is 18.0. The molecule has 3 rings (SSSR count). The van der Waals surface area contributed by atoms with Crippen LogP contribution in [-0.4, -0.2) is 26.0 Å². The average molecular weight is 339 g/mol.